The van der Waals surface area contributed by atoms with Crippen LogP contribution in [0.15, 0.2) is 24.4 Å². The number of aryl methyl sites for hydroxylation is 2. The molecule has 18 heavy (non-hydrogen) atoms. The van der Waals surface area contributed by atoms with Crippen LogP contribution in [0, 0.1) is 0 Å². The number of aromatic nitrogens is 2. The molecule has 2 rings (SSSR count). The van der Waals surface area contributed by atoms with Gasteiger partial charge in [0.15, 0.2) is 0 Å². The molecule has 0 aliphatic heterocycles. The van der Waals surface area contributed by atoms with Gasteiger partial charge in [-0.15, -0.1) is 11.3 Å². The maximum absolute atomic E-state index is 4.54. The molecular formula is C14H21N3S. The van der Waals surface area contributed by atoms with E-state index in [0.29, 0.717) is 0 Å². The Hall–Kier alpha value is -1.13. The van der Waals surface area contributed by atoms with Crippen LogP contribution in [0.5, 0.6) is 0 Å². The van der Waals surface area contributed by atoms with Gasteiger partial charge in [0.2, 0.25) is 0 Å². The van der Waals surface area contributed by atoms with E-state index in [1.165, 1.54) is 9.75 Å². The zero-order chi connectivity index (χ0) is 13.0. The van der Waals surface area contributed by atoms with E-state index in [-0.39, 0.29) is 6.04 Å². The molecule has 1 unspecified atom stereocenters. The third-order valence-corrected chi connectivity index (χ3v) is 4.24. The Balaban J connectivity index is 2.24. The number of nitrogens with one attached hydrogen (secondary N) is 1. The first kappa shape index (κ1) is 13.3. The van der Waals surface area contributed by atoms with E-state index in [4.69, 9.17) is 0 Å². The first-order valence-electron chi connectivity index (χ1n) is 6.56. The molecule has 4 heteroatoms. The van der Waals surface area contributed by atoms with E-state index < -0.39 is 0 Å². The molecule has 0 aliphatic rings. The lowest BCUT2D eigenvalue weighted by Crippen LogP contribution is -2.23. The van der Waals surface area contributed by atoms with Gasteiger partial charge in [0.1, 0.15) is 0 Å². The molecule has 0 aliphatic carbocycles. The predicted octanol–water partition coefficient (Wildman–Crippen LogP) is 3.13. The topological polar surface area (TPSA) is 29.9 Å². The van der Waals surface area contributed by atoms with Crippen molar-refractivity contribution >= 4 is 11.3 Å². The molecule has 0 amide bonds. The van der Waals surface area contributed by atoms with Crippen LogP contribution in [0.25, 0.3) is 0 Å². The Kier molecular flexibility index (Phi) is 4.55. The molecule has 0 radical (unpaired) electrons. The molecule has 0 saturated heterocycles. The van der Waals surface area contributed by atoms with Gasteiger partial charge in [-0.2, -0.15) is 5.10 Å². The van der Waals surface area contributed by atoms with Gasteiger partial charge >= 0.3 is 0 Å². The van der Waals surface area contributed by atoms with E-state index >= 15 is 0 Å². The molecular weight excluding hydrogens is 242 g/mol. The zero-order valence-corrected chi connectivity index (χ0v) is 12.1. The molecule has 0 fully saturated rings. The van der Waals surface area contributed by atoms with Gasteiger partial charge in [-0.25, -0.2) is 0 Å². The lowest BCUT2D eigenvalue weighted by Gasteiger charge is -2.14. The van der Waals surface area contributed by atoms with Crippen molar-refractivity contribution < 1.29 is 0 Å². The standard InChI is InChI=1S/C14H21N3S/c1-4-9-15-14(12-8-10-17(3)16-12)13-7-6-11(5-2)18-13/h6-8,10,14-15H,4-5,9H2,1-3H3. The lowest BCUT2D eigenvalue weighted by atomic mass is 10.1. The van der Waals surface area contributed by atoms with Crippen molar-refractivity contribution in [3.05, 3.63) is 39.8 Å². The Morgan fingerprint density at radius 2 is 2.17 bits per heavy atom. The van der Waals surface area contributed by atoms with Crippen molar-refractivity contribution in [1.29, 1.82) is 0 Å². The fourth-order valence-corrected chi connectivity index (χ4v) is 3.01. The highest BCUT2D eigenvalue weighted by Crippen LogP contribution is 2.28. The summed E-state index contributed by atoms with van der Waals surface area (Å²) in [6.07, 6.45) is 4.24. The number of rotatable bonds is 6. The van der Waals surface area contributed by atoms with Crippen LogP contribution in [0.4, 0.5) is 0 Å². The van der Waals surface area contributed by atoms with Gasteiger partial charge < -0.3 is 5.32 Å². The van der Waals surface area contributed by atoms with Gasteiger partial charge in [-0.1, -0.05) is 13.8 Å². The summed E-state index contributed by atoms with van der Waals surface area (Å²) in [6, 6.07) is 6.78. The van der Waals surface area contributed by atoms with Gasteiger partial charge in [-0.3, -0.25) is 4.68 Å². The smallest absolute Gasteiger partial charge is 0.0863 e. The number of hydrogen-bond acceptors (Lipinski definition) is 3. The van der Waals surface area contributed by atoms with Crippen molar-refractivity contribution in [2.75, 3.05) is 6.54 Å². The second kappa shape index (κ2) is 6.16. The van der Waals surface area contributed by atoms with Crippen LogP contribution in [0.3, 0.4) is 0 Å². The van der Waals surface area contributed by atoms with Crippen molar-refractivity contribution in [2.45, 2.75) is 32.7 Å². The molecule has 2 heterocycles. The Labute approximate surface area is 113 Å². The molecule has 0 saturated carbocycles. The van der Waals surface area contributed by atoms with E-state index in [9.17, 15) is 0 Å². The minimum Gasteiger partial charge on any atom is -0.304 e. The first-order valence-corrected chi connectivity index (χ1v) is 7.37. The number of nitrogens with zero attached hydrogens (tertiary/aromatic N) is 2. The summed E-state index contributed by atoms with van der Waals surface area (Å²) >= 11 is 1.88. The average Bonchev–Trinajstić information content (AvgIpc) is 2.99. The SMILES string of the molecule is CCCNC(c1ccn(C)n1)c1ccc(CC)s1. The van der Waals surface area contributed by atoms with E-state index in [2.05, 4.69) is 42.5 Å². The van der Waals surface area contributed by atoms with Crippen LogP contribution in [0.2, 0.25) is 0 Å². The maximum atomic E-state index is 4.54. The van der Waals surface area contributed by atoms with Gasteiger partial charge in [-0.05, 0) is 37.6 Å². The maximum Gasteiger partial charge on any atom is 0.0863 e. The molecule has 0 aromatic carbocycles. The molecule has 2 aromatic rings. The Bertz CT molecular complexity index is 487. The van der Waals surface area contributed by atoms with Gasteiger partial charge in [0.25, 0.3) is 0 Å². The fourth-order valence-electron chi connectivity index (χ4n) is 1.97. The van der Waals surface area contributed by atoms with Crippen LogP contribution in [-0.2, 0) is 13.5 Å². The molecule has 1 atom stereocenters. The van der Waals surface area contributed by atoms with Crippen LogP contribution in [0.1, 0.15) is 41.8 Å². The zero-order valence-electron chi connectivity index (χ0n) is 11.3. The van der Waals surface area contributed by atoms with Crippen molar-refractivity contribution in [2.24, 2.45) is 7.05 Å². The summed E-state index contributed by atoms with van der Waals surface area (Å²) in [5.41, 5.74) is 1.11. The molecule has 1 N–H and O–H groups in total. The second-order valence-electron chi connectivity index (χ2n) is 4.46. The summed E-state index contributed by atoms with van der Waals surface area (Å²) in [5, 5.41) is 8.12. The van der Waals surface area contributed by atoms with Crippen molar-refractivity contribution in [3.8, 4) is 0 Å². The fraction of sp³-hybridized carbons (Fsp3) is 0.500. The van der Waals surface area contributed by atoms with Crippen LogP contribution >= 0.6 is 11.3 Å². The van der Waals surface area contributed by atoms with E-state index in [1.807, 2.05) is 29.3 Å². The third-order valence-electron chi connectivity index (χ3n) is 2.94. The predicted molar refractivity (Wildman–Crippen MR) is 77.0 cm³/mol. The molecule has 3 nitrogen and oxygen atoms in total. The van der Waals surface area contributed by atoms with E-state index in [0.717, 1.165) is 25.1 Å². The molecule has 98 valence electrons. The van der Waals surface area contributed by atoms with E-state index in [1.54, 1.807) is 0 Å². The van der Waals surface area contributed by atoms with Crippen LogP contribution < -0.4 is 5.32 Å². The highest BCUT2D eigenvalue weighted by atomic mass is 32.1. The summed E-state index contributed by atoms with van der Waals surface area (Å²) in [4.78, 5) is 2.79. The Morgan fingerprint density at radius 3 is 2.72 bits per heavy atom. The third kappa shape index (κ3) is 3.00. The average molecular weight is 263 g/mol. The van der Waals surface area contributed by atoms with Crippen molar-refractivity contribution in [1.82, 2.24) is 15.1 Å². The van der Waals surface area contributed by atoms with Crippen LogP contribution in [-0.4, -0.2) is 16.3 Å². The lowest BCUT2D eigenvalue weighted by molar-refractivity contribution is 0.582. The summed E-state index contributed by atoms with van der Waals surface area (Å²) in [5.74, 6) is 0. The Morgan fingerprint density at radius 1 is 1.33 bits per heavy atom. The minimum atomic E-state index is 0.233. The molecule has 0 spiro atoms. The highest BCUT2D eigenvalue weighted by Gasteiger charge is 2.17. The van der Waals surface area contributed by atoms with Gasteiger partial charge in [0, 0.05) is 23.0 Å². The largest absolute Gasteiger partial charge is 0.304 e. The summed E-state index contributed by atoms with van der Waals surface area (Å²) in [6.45, 7) is 5.40. The summed E-state index contributed by atoms with van der Waals surface area (Å²) in [7, 11) is 1.96. The molecule has 0 bridgehead atoms. The monoisotopic (exact) mass is 263 g/mol. The van der Waals surface area contributed by atoms with Gasteiger partial charge in [0.05, 0.1) is 11.7 Å². The highest BCUT2D eigenvalue weighted by molar-refractivity contribution is 7.12. The second-order valence-corrected chi connectivity index (χ2v) is 5.66. The minimum absolute atomic E-state index is 0.233. The van der Waals surface area contributed by atoms with Crippen molar-refractivity contribution in [3.63, 3.8) is 0 Å². The summed E-state index contributed by atoms with van der Waals surface area (Å²) < 4.78 is 1.87. The number of hydrogen-bond donors (Lipinski definition) is 1. The molecule has 2 aromatic heterocycles. The first-order chi connectivity index (χ1) is 8.74. The normalized spacial score (nSPS) is 12.8. The number of thiophene rings is 1. The quantitative estimate of drug-likeness (QED) is 0.867.